The van der Waals surface area contributed by atoms with Crippen LogP contribution in [0.5, 0.6) is 5.06 Å². The normalized spacial score (nSPS) is 11.8. The SMILES string of the molecule is CN(C)CC=C(Oc1cccs1)c1ccccc1. The first-order valence-electron chi connectivity index (χ1n) is 5.87. The molecule has 2 nitrogen and oxygen atoms in total. The van der Waals surface area contributed by atoms with Gasteiger partial charge in [0.05, 0.1) is 0 Å². The van der Waals surface area contributed by atoms with Gasteiger partial charge in [0, 0.05) is 12.1 Å². The Morgan fingerprint density at radius 2 is 1.94 bits per heavy atom. The third-order valence-corrected chi connectivity index (χ3v) is 3.15. The topological polar surface area (TPSA) is 12.5 Å². The summed E-state index contributed by atoms with van der Waals surface area (Å²) in [5.74, 6) is 0.909. The summed E-state index contributed by atoms with van der Waals surface area (Å²) >= 11 is 1.60. The molecule has 2 aromatic rings. The van der Waals surface area contributed by atoms with E-state index in [1.54, 1.807) is 11.3 Å². The van der Waals surface area contributed by atoms with Crippen LogP contribution in [0.2, 0.25) is 0 Å². The second-order valence-electron chi connectivity index (χ2n) is 4.23. The largest absolute Gasteiger partial charge is 0.446 e. The Bertz CT molecular complexity index is 488. The molecule has 1 heterocycles. The fourth-order valence-electron chi connectivity index (χ4n) is 1.52. The van der Waals surface area contributed by atoms with Gasteiger partial charge >= 0.3 is 0 Å². The van der Waals surface area contributed by atoms with Gasteiger partial charge in [-0.2, -0.15) is 0 Å². The molecule has 0 saturated heterocycles. The molecule has 94 valence electrons. The van der Waals surface area contributed by atoms with Crippen molar-refractivity contribution in [1.29, 1.82) is 0 Å². The van der Waals surface area contributed by atoms with Gasteiger partial charge in [-0.05, 0) is 37.7 Å². The van der Waals surface area contributed by atoms with Crippen LogP contribution in [0.15, 0.2) is 53.9 Å². The molecule has 0 spiro atoms. The van der Waals surface area contributed by atoms with Gasteiger partial charge in [0.1, 0.15) is 5.76 Å². The third-order valence-electron chi connectivity index (χ3n) is 2.41. The minimum absolute atomic E-state index is 0.857. The first-order valence-corrected chi connectivity index (χ1v) is 6.75. The van der Waals surface area contributed by atoms with Crippen LogP contribution in [0.3, 0.4) is 0 Å². The number of ether oxygens (including phenoxy) is 1. The predicted octanol–water partition coefficient (Wildman–Crippen LogP) is 3.73. The van der Waals surface area contributed by atoms with Crippen LogP contribution >= 0.6 is 11.3 Å². The Balaban J connectivity index is 2.20. The second kappa shape index (κ2) is 6.38. The molecule has 1 aromatic heterocycles. The standard InChI is InChI=1S/C15H17NOS/c1-16(2)11-10-14(13-7-4-3-5-8-13)17-15-9-6-12-18-15/h3-10,12H,11H2,1-2H3. The molecule has 0 fully saturated rings. The zero-order chi connectivity index (χ0) is 12.8. The van der Waals surface area contributed by atoms with Crippen molar-refractivity contribution in [3.05, 3.63) is 59.5 Å². The van der Waals surface area contributed by atoms with Crippen LogP contribution in [0.4, 0.5) is 0 Å². The molecule has 1 aromatic carbocycles. The number of rotatable bonds is 5. The van der Waals surface area contributed by atoms with Crippen LogP contribution in [0.1, 0.15) is 5.56 Å². The van der Waals surface area contributed by atoms with Crippen LogP contribution in [-0.2, 0) is 0 Å². The Hall–Kier alpha value is -1.58. The van der Waals surface area contributed by atoms with Crippen LogP contribution in [0.25, 0.3) is 5.76 Å². The van der Waals surface area contributed by atoms with E-state index < -0.39 is 0 Å². The van der Waals surface area contributed by atoms with E-state index >= 15 is 0 Å². The molecule has 0 atom stereocenters. The number of likely N-dealkylation sites (N-methyl/N-ethyl adjacent to an activating group) is 1. The summed E-state index contributed by atoms with van der Waals surface area (Å²) in [5, 5.41) is 2.94. The van der Waals surface area contributed by atoms with Crippen molar-refractivity contribution in [2.24, 2.45) is 0 Å². The quantitative estimate of drug-likeness (QED) is 0.759. The van der Waals surface area contributed by atoms with Gasteiger partial charge in [0.15, 0.2) is 5.06 Å². The number of hydrogen-bond acceptors (Lipinski definition) is 3. The van der Waals surface area contributed by atoms with E-state index in [9.17, 15) is 0 Å². The third kappa shape index (κ3) is 3.72. The highest BCUT2D eigenvalue weighted by molar-refractivity contribution is 7.11. The maximum absolute atomic E-state index is 5.94. The Morgan fingerprint density at radius 3 is 2.56 bits per heavy atom. The van der Waals surface area contributed by atoms with Gasteiger partial charge < -0.3 is 9.64 Å². The first kappa shape index (κ1) is 12.9. The highest BCUT2D eigenvalue weighted by Crippen LogP contribution is 2.25. The first-order chi connectivity index (χ1) is 8.75. The van der Waals surface area contributed by atoms with Crippen LogP contribution < -0.4 is 4.74 Å². The van der Waals surface area contributed by atoms with Crippen molar-refractivity contribution in [2.45, 2.75) is 0 Å². The summed E-state index contributed by atoms with van der Waals surface area (Å²) < 4.78 is 5.94. The van der Waals surface area contributed by atoms with E-state index in [-0.39, 0.29) is 0 Å². The number of nitrogens with zero attached hydrogens (tertiary/aromatic N) is 1. The average molecular weight is 259 g/mol. The molecular formula is C15H17NOS. The molecule has 0 amide bonds. The summed E-state index contributed by atoms with van der Waals surface area (Å²) in [4.78, 5) is 2.11. The van der Waals surface area contributed by atoms with E-state index in [0.717, 1.165) is 22.9 Å². The van der Waals surface area contributed by atoms with Crippen molar-refractivity contribution >= 4 is 17.1 Å². The molecule has 3 heteroatoms. The van der Waals surface area contributed by atoms with Gasteiger partial charge in [-0.15, -0.1) is 11.3 Å². The molecule has 2 rings (SSSR count). The summed E-state index contributed by atoms with van der Waals surface area (Å²) in [6, 6.07) is 14.2. The predicted molar refractivity (Wildman–Crippen MR) is 77.9 cm³/mol. The van der Waals surface area contributed by atoms with E-state index in [1.165, 1.54) is 0 Å². The average Bonchev–Trinajstić information content (AvgIpc) is 2.88. The summed E-state index contributed by atoms with van der Waals surface area (Å²) in [5.41, 5.74) is 1.10. The van der Waals surface area contributed by atoms with Gasteiger partial charge in [-0.25, -0.2) is 0 Å². The smallest absolute Gasteiger partial charge is 0.180 e. The molecule has 0 aliphatic carbocycles. The fraction of sp³-hybridized carbons (Fsp3) is 0.200. The van der Waals surface area contributed by atoms with Crippen molar-refractivity contribution < 1.29 is 4.74 Å². The van der Waals surface area contributed by atoms with Crippen molar-refractivity contribution in [2.75, 3.05) is 20.6 Å². The zero-order valence-electron chi connectivity index (χ0n) is 10.7. The summed E-state index contributed by atoms with van der Waals surface area (Å²) in [6.07, 6.45) is 2.11. The van der Waals surface area contributed by atoms with Gasteiger partial charge in [-0.1, -0.05) is 30.3 Å². The number of benzene rings is 1. The molecule has 0 bridgehead atoms. The number of hydrogen-bond donors (Lipinski definition) is 0. The molecule has 0 saturated carbocycles. The maximum Gasteiger partial charge on any atom is 0.180 e. The van der Waals surface area contributed by atoms with Crippen molar-refractivity contribution in [1.82, 2.24) is 4.90 Å². The van der Waals surface area contributed by atoms with Gasteiger partial charge in [-0.3, -0.25) is 0 Å². The van der Waals surface area contributed by atoms with Crippen LogP contribution in [0, 0.1) is 0 Å². The molecule has 0 N–H and O–H groups in total. The van der Waals surface area contributed by atoms with Crippen molar-refractivity contribution in [3.8, 4) is 5.06 Å². The molecule has 0 unspecified atom stereocenters. The molecule has 0 aliphatic rings. The van der Waals surface area contributed by atoms with Gasteiger partial charge in [0.2, 0.25) is 0 Å². The Labute approximate surface area is 112 Å². The minimum atomic E-state index is 0.857. The summed E-state index contributed by atoms with van der Waals surface area (Å²) in [6.45, 7) is 0.857. The van der Waals surface area contributed by atoms with Crippen LogP contribution in [-0.4, -0.2) is 25.5 Å². The Morgan fingerprint density at radius 1 is 1.17 bits per heavy atom. The lowest BCUT2D eigenvalue weighted by atomic mass is 10.2. The van der Waals surface area contributed by atoms with E-state index in [2.05, 4.69) is 23.1 Å². The van der Waals surface area contributed by atoms with E-state index in [0.29, 0.717) is 0 Å². The highest BCUT2D eigenvalue weighted by Gasteiger charge is 2.04. The Kier molecular flexibility index (Phi) is 4.56. The molecule has 0 radical (unpaired) electrons. The fourth-order valence-corrected chi connectivity index (χ4v) is 2.10. The van der Waals surface area contributed by atoms with E-state index in [1.807, 2.05) is 49.8 Å². The monoisotopic (exact) mass is 259 g/mol. The highest BCUT2D eigenvalue weighted by atomic mass is 32.1. The minimum Gasteiger partial charge on any atom is -0.446 e. The lowest BCUT2D eigenvalue weighted by Gasteiger charge is -2.11. The molecular weight excluding hydrogens is 242 g/mol. The second-order valence-corrected chi connectivity index (χ2v) is 5.14. The van der Waals surface area contributed by atoms with E-state index in [4.69, 9.17) is 4.74 Å². The lowest BCUT2D eigenvalue weighted by molar-refractivity contribution is 0.449. The zero-order valence-corrected chi connectivity index (χ0v) is 11.5. The maximum atomic E-state index is 5.94. The summed E-state index contributed by atoms with van der Waals surface area (Å²) in [7, 11) is 4.09. The van der Waals surface area contributed by atoms with Gasteiger partial charge in [0.25, 0.3) is 0 Å². The molecule has 0 aliphatic heterocycles. The molecule has 18 heavy (non-hydrogen) atoms. The number of thiophene rings is 1. The van der Waals surface area contributed by atoms with Crippen molar-refractivity contribution in [3.63, 3.8) is 0 Å². The lowest BCUT2D eigenvalue weighted by Crippen LogP contribution is -2.11.